The van der Waals surface area contributed by atoms with E-state index in [0.29, 0.717) is 18.1 Å². The molecule has 0 fully saturated rings. The number of hydrogen-bond acceptors (Lipinski definition) is 6. The molecule has 0 saturated carbocycles. The summed E-state index contributed by atoms with van der Waals surface area (Å²) in [5.74, 6) is 1.22. The van der Waals surface area contributed by atoms with Crippen LogP contribution in [0.2, 0.25) is 0 Å². The number of ether oxygens (including phenoxy) is 1. The molecular weight excluding hydrogens is 320 g/mol. The number of hydrogen-bond donors (Lipinski definition) is 0. The van der Waals surface area contributed by atoms with Crippen LogP contribution in [0.4, 0.5) is 0 Å². The van der Waals surface area contributed by atoms with Gasteiger partial charge in [0.25, 0.3) is 5.89 Å². The first-order chi connectivity index (χ1) is 12.2. The fraction of sp³-hybridized carbons (Fsp3) is 0.105. The summed E-state index contributed by atoms with van der Waals surface area (Å²) in [7, 11) is 0. The van der Waals surface area contributed by atoms with Crippen LogP contribution in [-0.4, -0.2) is 16.8 Å². The van der Waals surface area contributed by atoms with Crippen molar-refractivity contribution in [3.05, 3.63) is 65.0 Å². The SMILES string of the molecule is CCOc1ccc(-c2nnc(-c3cc4ccccc4oc3=O)o2)cc1. The van der Waals surface area contributed by atoms with E-state index in [-0.39, 0.29) is 11.5 Å². The molecule has 0 aliphatic heterocycles. The number of aromatic nitrogens is 2. The van der Waals surface area contributed by atoms with Gasteiger partial charge in [0.05, 0.1) is 6.61 Å². The van der Waals surface area contributed by atoms with E-state index in [4.69, 9.17) is 13.6 Å². The summed E-state index contributed by atoms with van der Waals surface area (Å²) >= 11 is 0. The second-order valence-corrected chi connectivity index (χ2v) is 5.36. The molecule has 0 atom stereocenters. The molecule has 0 radical (unpaired) electrons. The van der Waals surface area contributed by atoms with Crippen molar-refractivity contribution in [1.82, 2.24) is 10.2 Å². The normalized spacial score (nSPS) is 10.9. The van der Waals surface area contributed by atoms with Gasteiger partial charge < -0.3 is 13.6 Å². The Kier molecular flexibility index (Phi) is 3.78. The van der Waals surface area contributed by atoms with Crippen molar-refractivity contribution >= 4 is 11.0 Å². The van der Waals surface area contributed by atoms with Crippen LogP contribution in [0.15, 0.2) is 68.2 Å². The maximum Gasteiger partial charge on any atom is 0.349 e. The van der Waals surface area contributed by atoms with Crippen molar-refractivity contribution in [2.24, 2.45) is 0 Å². The monoisotopic (exact) mass is 334 g/mol. The minimum absolute atomic E-state index is 0.128. The Morgan fingerprint density at radius 1 is 0.960 bits per heavy atom. The summed E-state index contributed by atoms with van der Waals surface area (Å²) in [5.41, 5.74) is 0.985. The van der Waals surface area contributed by atoms with Crippen molar-refractivity contribution in [3.8, 4) is 28.7 Å². The lowest BCUT2D eigenvalue weighted by molar-refractivity contribution is 0.340. The molecule has 4 aromatic rings. The molecule has 2 aromatic carbocycles. The van der Waals surface area contributed by atoms with E-state index in [1.54, 1.807) is 12.1 Å². The molecule has 0 aliphatic rings. The first-order valence-corrected chi connectivity index (χ1v) is 7.84. The van der Waals surface area contributed by atoms with Gasteiger partial charge in [0, 0.05) is 10.9 Å². The lowest BCUT2D eigenvalue weighted by Crippen LogP contribution is -2.02. The number of rotatable bonds is 4. The van der Waals surface area contributed by atoms with E-state index >= 15 is 0 Å². The van der Waals surface area contributed by atoms with E-state index in [1.807, 2.05) is 49.4 Å². The van der Waals surface area contributed by atoms with Crippen LogP contribution in [0, 0.1) is 0 Å². The molecule has 0 saturated heterocycles. The van der Waals surface area contributed by atoms with Crippen LogP contribution in [-0.2, 0) is 0 Å². The van der Waals surface area contributed by atoms with E-state index < -0.39 is 5.63 Å². The molecule has 0 unspecified atom stereocenters. The third-order valence-corrected chi connectivity index (χ3v) is 3.71. The summed E-state index contributed by atoms with van der Waals surface area (Å²) < 4.78 is 16.4. The molecule has 6 nitrogen and oxygen atoms in total. The first kappa shape index (κ1) is 15.1. The molecule has 2 aromatic heterocycles. The van der Waals surface area contributed by atoms with Gasteiger partial charge in [-0.3, -0.25) is 0 Å². The van der Waals surface area contributed by atoms with Crippen molar-refractivity contribution < 1.29 is 13.6 Å². The molecule has 25 heavy (non-hydrogen) atoms. The fourth-order valence-corrected chi connectivity index (χ4v) is 2.52. The zero-order valence-corrected chi connectivity index (χ0v) is 13.4. The largest absolute Gasteiger partial charge is 0.494 e. The van der Waals surface area contributed by atoms with E-state index in [9.17, 15) is 4.79 Å². The highest BCUT2D eigenvalue weighted by Crippen LogP contribution is 2.25. The minimum Gasteiger partial charge on any atom is -0.494 e. The van der Waals surface area contributed by atoms with Gasteiger partial charge in [-0.05, 0) is 43.3 Å². The summed E-state index contributed by atoms with van der Waals surface area (Å²) in [6.45, 7) is 2.52. The predicted octanol–water partition coefficient (Wildman–Crippen LogP) is 3.91. The molecule has 0 spiro atoms. The maximum atomic E-state index is 12.2. The van der Waals surface area contributed by atoms with Crippen LogP contribution in [0.5, 0.6) is 5.75 Å². The van der Waals surface area contributed by atoms with Crippen molar-refractivity contribution in [2.75, 3.05) is 6.61 Å². The molecule has 0 aliphatic carbocycles. The Balaban J connectivity index is 1.71. The fourth-order valence-electron chi connectivity index (χ4n) is 2.52. The molecule has 4 rings (SSSR count). The lowest BCUT2D eigenvalue weighted by atomic mass is 10.2. The third kappa shape index (κ3) is 2.89. The standard InChI is InChI=1S/C19H14N2O4/c1-2-23-14-9-7-12(8-10-14)17-20-21-18(25-17)15-11-13-5-3-4-6-16(13)24-19(15)22/h3-11H,2H2,1H3. The van der Waals surface area contributed by atoms with Crippen LogP contribution in [0.3, 0.4) is 0 Å². The van der Waals surface area contributed by atoms with Crippen LogP contribution in [0.1, 0.15) is 6.92 Å². The molecular formula is C19H14N2O4. The minimum atomic E-state index is -0.513. The van der Waals surface area contributed by atoms with Gasteiger partial charge in [0.1, 0.15) is 16.9 Å². The van der Waals surface area contributed by atoms with Gasteiger partial charge in [-0.1, -0.05) is 18.2 Å². The van der Waals surface area contributed by atoms with Gasteiger partial charge >= 0.3 is 5.63 Å². The topological polar surface area (TPSA) is 78.4 Å². The quantitative estimate of drug-likeness (QED) is 0.527. The van der Waals surface area contributed by atoms with Crippen molar-refractivity contribution in [1.29, 1.82) is 0 Å². The molecule has 124 valence electrons. The highest BCUT2D eigenvalue weighted by molar-refractivity contribution is 5.80. The van der Waals surface area contributed by atoms with Crippen LogP contribution < -0.4 is 10.4 Å². The Hall–Kier alpha value is -3.41. The first-order valence-electron chi connectivity index (χ1n) is 7.84. The Morgan fingerprint density at radius 2 is 1.72 bits per heavy atom. The Labute approximate surface area is 142 Å². The molecule has 6 heteroatoms. The number of fused-ring (bicyclic) bond motifs is 1. The van der Waals surface area contributed by atoms with Crippen molar-refractivity contribution in [3.63, 3.8) is 0 Å². The van der Waals surface area contributed by atoms with Gasteiger partial charge in [-0.15, -0.1) is 10.2 Å². The average molecular weight is 334 g/mol. The maximum absolute atomic E-state index is 12.2. The number of para-hydroxylation sites is 1. The molecule has 2 heterocycles. The summed E-state index contributed by atoms with van der Waals surface area (Å²) in [5, 5.41) is 8.79. The second kappa shape index (κ2) is 6.24. The highest BCUT2D eigenvalue weighted by atomic mass is 16.5. The molecule has 0 N–H and O–H groups in total. The summed E-state index contributed by atoms with van der Waals surface area (Å²) in [6, 6.07) is 16.3. The Morgan fingerprint density at radius 3 is 2.52 bits per heavy atom. The molecule has 0 bridgehead atoms. The second-order valence-electron chi connectivity index (χ2n) is 5.36. The zero-order valence-electron chi connectivity index (χ0n) is 13.4. The predicted molar refractivity (Wildman–Crippen MR) is 92.4 cm³/mol. The van der Waals surface area contributed by atoms with Gasteiger partial charge in [-0.2, -0.15) is 0 Å². The number of benzene rings is 2. The van der Waals surface area contributed by atoms with Crippen molar-refractivity contribution in [2.45, 2.75) is 6.92 Å². The van der Waals surface area contributed by atoms with E-state index in [2.05, 4.69) is 10.2 Å². The third-order valence-electron chi connectivity index (χ3n) is 3.71. The van der Waals surface area contributed by atoms with Gasteiger partial charge in [0.2, 0.25) is 5.89 Å². The molecule has 0 amide bonds. The summed E-state index contributed by atoms with van der Waals surface area (Å²) in [6.07, 6.45) is 0. The van der Waals surface area contributed by atoms with E-state index in [1.165, 1.54) is 0 Å². The zero-order chi connectivity index (χ0) is 17.2. The lowest BCUT2D eigenvalue weighted by Gasteiger charge is -2.02. The van der Waals surface area contributed by atoms with Crippen LogP contribution >= 0.6 is 0 Å². The van der Waals surface area contributed by atoms with Gasteiger partial charge in [0.15, 0.2) is 0 Å². The van der Waals surface area contributed by atoms with E-state index in [0.717, 1.165) is 16.7 Å². The smallest absolute Gasteiger partial charge is 0.349 e. The van der Waals surface area contributed by atoms with Crippen LogP contribution in [0.25, 0.3) is 33.9 Å². The average Bonchev–Trinajstić information content (AvgIpc) is 3.12. The Bertz CT molecular complexity index is 1080. The van der Waals surface area contributed by atoms with Gasteiger partial charge in [-0.25, -0.2) is 4.79 Å². The summed E-state index contributed by atoms with van der Waals surface area (Å²) in [4.78, 5) is 12.2. The highest BCUT2D eigenvalue weighted by Gasteiger charge is 2.15. The number of nitrogens with zero attached hydrogens (tertiary/aromatic N) is 2.